The molecule has 1 amide bonds. The van der Waals surface area contributed by atoms with Crippen molar-refractivity contribution in [3.63, 3.8) is 0 Å². The van der Waals surface area contributed by atoms with Gasteiger partial charge >= 0.3 is 0 Å². The van der Waals surface area contributed by atoms with Crippen molar-refractivity contribution in [2.75, 3.05) is 13.7 Å². The third-order valence-electron chi connectivity index (χ3n) is 5.27. The van der Waals surface area contributed by atoms with Crippen LogP contribution in [0.3, 0.4) is 0 Å². The van der Waals surface area contributed by atoms with Crippen LogP contribution in [-0.4, -0.2) is 29.4 Å². The molecule has 3 aromatic carbocycles. The second kappa shape index (κ2) is 8.82. The van der Waals surface area contributed by atoms with Crippen LogP contribution < -0.4 is 4.74 Å². The number of rotatable bonds is 7. The number of nitrogens with zero attached hydrogens (tertiary/aromatic N) is 1. The molecule has 0 radical (unpaired) electrons. The number of carbonyl (C=O) groups excluding carboxylic acids is 1. The van der Waals surface area contributed by atoms with Gasteiger partial charge in [0.1, 0.15) is 11.6 Å². The minimum Gasteiger partial charge on any atom is -0.497 e. The third-order valence-corrected chi connectivity index (χ3v) is 5.27. The fourth-order valence-corrected chi connectivity index (χ4v) is 3.59. The van der Waals surface area contributed by atoms with Gasteiger partial charge in [0.15, 0.2) is 0 Å². The summed E-state index contributed by atoms with van der Waals surface area (Å²) in [4.78, 5) is 18.2. The van der Waals surface area contributed by atoms with Crippen LogP contribution in [0.4, 0.5) is 4.39 Å². The first kappa shape index (κ1) is 19.7. The zero-order chi connectivity index (χ0) is 20.9. The number of amides is 1. The molecular formula is C25H23FN2O2. The molecule has 0 aliphatic carbocycles. The Morgan fingerprint density at radius 2 is 1.70 bits per heavy atom. The van der Waals surface area contributed by atoms with Crippen LogP contribution in [0, 0.1) is 5.82 Å². The molecule has 0 bridgehead atoms. The van der Waals surface area contributed by atoms with Gasteiger partial charge in [0.2, 0.25) is 0 Å². The number of aromatic amines is 1. The van der Waals surface area contributed by atoms with Gasteiger partial charge < -0.3 is 14.6 Å². The smallest absolute Gasteiger partial charge is 0.254 e. The summed E-state index contributed by atoms with van der Waals surface area (Å²) in [6.07, 6.45) is 2.64. The van der Waals surface area contributed by atoms with E-state index in [9.17, 15) is 9.18 Å². The Labute approximate surface area is 174 Å². The third kappa shape index (κ3) is 4.20. The number of nitrogens with one attached hydrogen (secondary N) is 1. The molecule has 4 aromatic rings. The van der Waals surface area contributed by atoms with E-state index in [1.165, 1.54) is 6.07 Å². The summed E-state index contributed by atoms with van der Waals surface area (Å²) in [5.74, 6) is 0.240. The second-order valence-electron chi connectivity index (χ2n) is 7.16. The molecule has 1 heterocycles. The summed E-state index contributed by atoms with van der Waals surface area (Å²) in [5.41, 5.74) is 3.24. The van der Waals surface area contributed by atoms with Crippen molar-refractivity contribution in [2.24, 2.45) is 0 Å². The molecule has 0 aliphatic rings. The van der Waals surface area contributed by atoms with Crippen LogP contribution in [0.2, 0.25) is 0 Å². The summed E-state index contributed by atoms with van der Waals surface area (Å²) in [7, 11) is 1.59. The standard InChI is InChI=1S/C25H23FN2O2/c1-30-21-12-10-18(11-13-21)25(29)28(17-20-6-2-4-8-23(20)26)15-14-19-16-27-24-9-5-3-7-22(19)24/h2-13,16,27H,14-15,17H2,1H3. The predicted octanol–water partition coefficient (Wildman–Crippen LogP) is 5.20. The highest BCUT2D eigenvalue weighted by molar-refractivity contribution is 5.94. The van der Waals surface area contributed by atoms with Crippen LogP contribution >= 0.6 is 0 Å². The predicted molar refractivity (Wildman–Crippen MR) is 116 cm³/mol. The summed E-state index contributed by atoms with van der Waals surface area (Å²) in [6.45, 7) is 0.681. The van der Waals surface area contributed by atoms with E-state index >= 15 is 0 Å². The Bertz CT molecular complexity index is 1150. The number of H-pyrrole nitrogens is 1. The first-order valence-electron chi connectivity index (χ1n) is 9.87. The van der Waals surface area contributed by atoms with Crippen molar-refractivity contribution >= 4 is 16.8 Å². The number of methoxy groups -OCH3 is 1. The van der Waals surface area contributed by atoms with Crippen LogP contribution in [-0.2, 0) is 13.0 Å². The number of benzene rings is 3. The Balaban J connectivity index is 1.59. The zero-order valence-corrected chi connectivity index (χ0v) is 16.8. The number of aromatic nitrogens is 1. The quantitative estimate of drug-likeness (QED) is 0.462. The number of halogens is 1. The molecule has 5 heteroatoms. The Morgan fingerprint density at radius 3 is 2.47 bits per heavy atom. The molecule has 0 atom stereocenters. The largest absolute Gasteiger partial charge is 0.497 e. The van der Waals surface area contributed by atoms with Crippen molar-refractivity contribution in [1.82, 2.24) is 9.88 Å². The van der Waals surface area contributed by atoms with Gasteiger partial charge in [-0.25, -0.2) is 4.39 Å². The average Bonchev–Trinajstić information content (AvgIpc) is 3.20. The Kier molecular flexibility index (Phi) is 5.80. The van der Waals surface area contributed by atoms with E-state index in [0.717, 1.165) is 16.5 Å². The molecule has 0 unspecified atom stereocenters. The summed E-state index contributed by atoms with van der Waals surface area (Å²) in [5, 5.41) is 1.14. The van der Waals surface area contributed by atoms with Crippen molar-refractivity contribution in [1.29, 1.82) is 0 Å². The maximum Gasteiger partial charge on any atom is 0.254 e. The molecule has 0 saturated carbocycles. The van der Waals surface area contributed by atoms with Gasteiger partial charge in [0.05, 0.1) is 7.11 Å². The van der Waals surface area contributed by atoms with Crippen LogP contribution in [0.5, 0.6) is 5.75 Å². The number of fused-ring (bicyclic) bond motifs is 1. The fraction of sp³-hybridized carbons (Fsp3) is 0.160. The molecule has 1 aromatic heterocycles. The van der Waals surface area contributed by atoms with E-state index in [2.05, 4.69) is 11.1 Å². The second-order valence-corrected chi connectivity index (χ2v) is 7.16. The van der Waals surface area contributed by atoms with Gasteiger partial charge in [-0.05, 0) is 48.4 Å². The number of hydrogen-bond donors (Lipinski definition) is 1. The highest BCUT2D eigenvalue weighted by Gasteiger charge is 2.18. The van der Waals surface area contributed by atoms with Gasteiger partial charge in [0.25, 0.3) is 5.91 Å². The van der Waals surface area contributed by atoms with E-state index in [0.29, 0.717) is 29.8 Å². The zero-order valence-electron chi connectivity index (χ0n) is 16.8. The number of para-hydroxylation sites is 1. The minimum atomic E-state index is -0.308. The molecule has 0 fully saturated rings. The molecule has 30 heavy (non-hydrogen) atoms. The highest BCUT2D eigenvalue weighted by Crippen LogP contribution is 2.20. The lowest BCUT2D eigenvalue weighted by Crippen LogP contribution is -2.32. The van der Waals surface area contributed by atoms with Crippen LogP contribution in [0.25, 0.3) is 10.9 Å². The van der Waals surface area contributed by atoms with Crippen molar-refractivity contribution in [2.45, 2.75) is 13.0 Å². The van der Waals surface area contributed by atoms with Crippen molar-refractivity contribution < 1.29 is 13.9 Å². The maximum atomic E-state index is 14.3. The monoisotopic (exact) mass is 402 g/mol. The van der Waals surface area contributed by atoms with Gasteiger partial charge in [-0.3, -0.25) is 4.79 Å². The number of carbonyl (C=O) groups is 1. The first-order valence-corrected chi connectivity index (χ1v) is 9.87. The summed E-state index contributed by atoms with van der Waals surface area (Å²) in [6, 6.07) is 21.6. The van der Waals surface area contributed by atoms with Crippen molar-refractivity contribution in [3.05, 3.63) is 102 Å². The normalized spacial score (nSPS) is 10.9. The van der Waals surface area contributed by atoms with E-state index < -0.39 is 0 Å². The highest BCUT2D eigenvalue weighted by atomic mass is 19.1. The van der Waals surface area contributed by atoms with E-state index in [-0.39, 0.29) is 18.3 Å². The molecule has 152 valence electrons. The van der Waals surface area contributed by atoms with E-state index in [1.807, 2.05) is 24.4 Å². The minimum absolute atomic E-state index is 0.138. The molecule has 1 N–H and O–H groups in total. The van der Waals surface area contributed by atoms with Gasteiger partial charge in [-0.15, -0.1) is 0 Å². The van der Waals surface area contributed by atoms with Crippen molar-refractivity contribution in [3.8, 4) is 5.75 Å². The lowest BCUT2D eigenvalue weighted by Gasteiger charge is -2.23. The van der Waals surface area contributed by atoms with E-state index in [1.54, 1.807) is 54.5 Å². The van der Waals surface area contributed by atoms with Crippen LogP contribution in [0.1, 0.15) is 21.5 Å². The summed E-state index contributed by atoms with van der Waals surface area (Å²) < 4.78 is 19.5. The maximum absolute atomic E-state index is 14.3. The summed E-state index contributed by atoms with van der Waals surface area (Å²) >= 11 is 0. The molecule has 0 saturated heterocycles. The van der Waals surface area contributed by atoms with Gasteiger partial charge in [-0.2, -0.15) is 0 Å². The Morgan fingerprint density at radius 1 is 0.967 bits per heavy atom. The molecule has 0 spiro atoms. The molecule has 0 aliphatic heterocycles. The molecular weight excluding hydrogens is 379 g/mol. The van der Waals surface area contributed by atoms with E-state index in [4.69, 9.17) is 4.74 Å². The topological polar surface area (TPSA) is 45.3 Å². The van der Waals surface area contributed by atoms with Crippen LogP contribution in [0.15, 0.2) is 79.0 Å². The molecule has 4 nitrogen and oxygen atoms in total. The lowest BCUT2D eigenvalue weighted by molar-refractivity contribution is 0.0743. The fourth-order valence-electron chi connectivity index (χ4n) is 3.59. The number of ether oxygens (including phenoxy) is 1. The average molecular weight is 402 g/mol. The Hall–Kier alpha value is -3.60. The SMILES string of the molecule is COc1ccc(C(=O)N(CCc2c[nH]c3ccccc23)Cc2ccccc2F)cc1. The first-order chi connectivity index (χ1) is 14.7. The van der Waals surface area contributed by atoms with Gasteiger partial charge in [-0.1, -0.05) is 36.4 Å². The number of hydrogen-bond acceptors (Lipinski definition) is 2. The lowest BCUT2D eigenvalue weighted by atomic mass is 10.1. The van der Waals surface area contributed by atoms with Gasteiger partial charge in [0, 0.05) is 41.3 Å². The molecule has 4 rings (SSSR count).